The highest BCUT2D eigenvalue weighted by atomic mass is 127. The number of amides is 1. The third-order valence-corrected chi connectivity index (χ3v) is 5.70. The summed E-state index contributed by atoms with van der Waals surface area (Å²) >= 11 is 2.13. The lowest BCUT2D eigenvalue weighted by molar-refractivity contribution is -0.112. The number of nitrogens with zero attached hydrogens (tertiary/aromatic N) is 1. The Labute approximate surface area is 205 Å². The summed E-state index contributed by atoms with van der Waals surface area (Å²) in [6, 6.07) is 19.5. The Morgan fingerprint density at radius 2 is 1.82 bits per heavy atom. The Hall–Kier alpha value is -3.64. The van der Waals surface area contributed by atoms with Crippen LogP contribution in [0.2, 0.25) is 0 Å². The van der Waals surface area contributed by atoms with Crippen LogP contribution in [0, 0.1) is 28.7 Å². The predicted octanol–water partition coefficient (Wildman–Crippen LogP) is 5.73. The fraction of sp³-hybridized carbons (Fsp3) is 0.115. The molecule has 0 bridgehead atoms. The molecule has 0 aliphatic rings. The lowest BCUT2D eigenvalue weighted by Crippen LogP contribution is -2.14. The maximum Gasteiger partial charge on any atom is 0.335 e. The Balaban J connectivity index is 1.69. The van der Waals surface area contributed by atoms with E-state index in [1.807, 2.05) is 44.2 Å². The number of aromatic carboxylic acids is 1. The highest BCUT2D eigenvalue weighted by Gasteiger charge is 2.12. The molecule has 0 aliphatic heterocycles. The second-order valence-corrected chi connectivity index (χ2v) is 8.59. The number of nitriles is 1. The monoisotopic (exact) mass is 552 g/mol. The predicted molar refractivity (Wildman–Crippen MR) is 135 cm³/mol. The van der Waals surface area contributed by atoms with Crippen LogP contribution in [-0.2, 0) is 11.4 Å². The van der Waals surface area contributed by atoms with Gasteiger partial charge in [-0.2, -0.15) is 5.26 Å². The normalized spacial score (nSPS) is 10.9. The van der Waals surface area contributed by atoms with E-state index in [9.17, 15) is 14.9 Å². The molecule has 166 valence electrons. The molecule has 0 saturated carbocycles. The van der Waals surface area contributed by atoms with E-state index in [0.717, 1.165) is 20.3 Å². The summed E-state index contributed by atoms with van der Waals surface area (Å²) < 4.78 is 6.65. The minimum Gasteiger partial charge on any atom is -0.488 e. The number of halogens is 1. The number of hydrogen-bond acceptors (Lipinski definition) is 4. The number of hydrogen-bond donors (Lipinski definition) is 2. The quantitative estimate of drug-likeness (QED) is 0.222. The van der Waals surface area contributed by atoms with Gasteiger partial charge in [0.1, 0.15) is 24.0 Å². The third kappa shape index (κ3) is 6.43. The largest absolute Gasteiger partial charge is 0.488 e. The van der Waals surface area contributed by atoms with Crippen molar-refractivity contribution in [1.29, 1.82) is 5.26 Å². The fourth-order valence-electron chi connectivity index (χ4n) is 3.09. The van der Waals surface area contributed by atoms with Crippen molar-refractivity contribution in [2.75, 3.05) is 5.32 Å². The topological polar surface area (TPSA) is 99.4 Å². The zero-order valence-electron chi connectivity index (χ0n) is 18.1. The number of carbonyl (C=O) groups is 2. The summed E-state index contributed by atoms with van der Waals surface area (Å²) in [4.78, 5) is 23.5. The minimum absolute atomic E-state index is 0.00189. The summed E-state index contributed by atoms with van der Waals surface area (Å²) in [5, 5.41) is 21.3. The van der Waals surface area contributed by atoms with Gasteiger partial charge < -0.3 is 15.2 Å². The van der Waals surface area contributed by atoms with Crippen LogP contribution in [0.1, 0.15) is 32.6 Å². The molecule has 0 heterocycles. The van der Waals surface area contributed by atoms with Crippen LogP contribution in [0.4, 0.5) is 5.69 Å². The molecule has 0 aromatic heterocycles. The van der Waals surface area contributed by atoms with Gasteiger partial charge in [0.25, 0.3) is 5.91 Å². The van der Waals surface area contributed by atoms with E-state index < -0.39 is 11.9 Å². The summed E-state index contributed by atoms with van der Waals surface area (Å²) in [5.41, 5.74) is 4.45. The fourth-order valence-corrected chi connectivity index (χ4v) is 3.78. The van der Waals surface area contributed by atoms with Crippen LogP contribution in [0.3, 0.4) is 0 Å². The number of carboxylic acid groups (broad SMARTS) is 1. The van der Waals surface area contributed by atoms with Crippen molar-refractivity contribution >= 4 is 46.2 Å². The molecule has 3 aromatic rings. The number of benzene rings is 3. The first-order valence-corrected chi connectivity index (χ1v) is 11.1. The molecule has 7 heteroatoms. The molecule has 1 amide bonds. The van der Waals surface area contributed by atoms with Crippen LogP contribution in [0.25, 0.3) is 6.08 Å². The van der Waals surface area contributed by atoms with E-state index in [1.165, 1.54) is 18.2 Å². The van der Waals surface area contributed by atoms with Crippen molar-refractivity contribution in [3.63, 3.8) is 0 Å². The molecule has 0 aliphatic carbocycles. The van der Waals surface area contributed by atoms with Crippen molar-refractivity contribution in [3.8, 4) is 11.8 Å². The first kappa shape index (κ1) is 24.0. The van der Waals surface area contributed by atoms with E-state index >= 15 is 0 Å². The number of rotatable bonds is 7. The first-order valence-electron chi connectivity index (χ1n) is 10.0. The zero-order chi connectivity index (χ0) is 24.0. The smallest absolute Gasteiger partial charge is 0.335 e. The number of anilines is 1. The first-order chi connectivity index (χ1) is 15.8. The van der Waals surface area contributed by atoms with E-state index in [0.29, 0.717) is 17.0 Å². The number of aryl methyl sites for hydroxylation is 2. The van der Waals surface area contributed by atoms with Gasteiger partial charge in [0.15, 0.2) is 0 Å². The van der Waals surface area contributed by atoms with Crippen LogP contribution in [0.5, 0.6) is 5.75 Å². The van der Waals surface area contributed by atoms with Gasteiger partial charge in [-0.3, -0.25) is 4.79 Å². The lowest BCUT2D eigenvalue weighted by Gasteiger charge is -2.10. The molecule has 6 nitrogen and oxygen atoms in total. The van der Waals surface area contributed by atoms with Crippen molar-refractivity contribution in [3.05, 3.63) is 97.6 Å². The Morgan fingerprint density at radius 3 is 2.42 bits per heavy atom. The second-order valence-electron chi connectivity index (χ2n) is 7.42. The van der Waals surface area contributed by atoms with Gasteiger partial charge in [-0.15, -0.1) is 0 Å². The van der Waals surface area contributed by atoms with Gasteiger partial charge in [-0.05, 0) is 89.5 Å². The molecule has 3 rings (SSSR count). The van der Waals surface area contributed by atoms with Gasteiger partial charge >= 0.3 is 5.97 Å². The summed E-state index contributed by atoms with van der Waals surface area (Å²) in [5.74, 6) is -0.794. The Kier molecular flexibility index (Phi) is 7.85. The van der Waals surface area contributed by atoms with Crippen molar-refractivity contribution in [1.82, 2.24) is 0 Å². The van der Waals surface area contributed by atoms with E-state index in [4.69, 9.17) is 9.84 Å². The summed E-state index contributed by atoms with van der Waals surface area (Å²) in [7, 11) is 0. The van der Waals surface area contributed by atoms with Gasteiger partial charge in [0.05, 0.1) is 9.13 Å². The highest BCUT2D eigenvalue weighted by Crippen LogP contribution is 2.25. The molecule has 33 heavy (non-hydrogen) atoms. The van der Waals surface area contributed by atoms with Crippen LogP contribution >= 0.6 is 22.6 Å². The Morgan fingerprint density at radius 1 is 1.09 bits per heavy atom. The average Bonchev–Trinajstić information content (AvgIpc) is 2.79. The molecule has 0 spiro atoms. The molecular weight excluding hydrogens is 531 g/mol. The lowest BCUT2D eigenvalue weighted by atomic mass is 10.1. The molecule has 0 atom stereocenters. The molecule has 3 aromatic carbocycles. The summed E-state index contributed by atoms with van der Waals surface area (Å²) in [6.45, 7) is 4.16. The van der Waals surface area contributed by atoms with Crippen molar-refractivity contribution in [2.24, 2.45) is 0 Å². The van der Waals surface area contributed by atoms with Crippen LogP contribution < -0.4 is 10.1 Å². The van der Waals surface area contributed by atoms with Gasteiger partial charge in [-0.1, -0.05) is 35.9 Å². The zero-order valence-corrected chi connectivity index (χ0v) is 20.2. The van der Waals surface area contributed by atoms with Gasteiger partial charge in [-0.25, -0.2) is 4.79 Å². The average molecular weight is 552 g/mol. The molecule has 0 radical (unpaired) electrons. The second kappa shape index (κ2) is 10.8. The number of ether oxygens (including phenoxy) is 1. The molecule has 0 unspecified atom stereocenters. The van der Waals surface area contributed by atoms with Crippen molar-refractivity contribution in [2.45, 2.75) is 20.5 Å². The number of carbonyl (C=O) groups excluding carboxylic acids is 1. The van der Waals surface area contributed by atoms with E-state index in [1.54, 1.807) is 24.3 Å². The van der Waals surface area contributed by atoms with Crippen molar-refractivity contribution < 1.29 is 19.4 Å². The van der Waals surface area contributed by atoms with E-state index in [-0.39, 0.29) is 17.7 Å². The Bertz CT molecular complexity index is 1270. The van der Waals surface area contributed by atoms with Crippen LogP contribution in [0.15, 0.2) is 66.2 Å². The van der Waals surface area contributed by atoms with Crippen LogP contribution in [-0.4, -0.2) is 17.0 Å². The molecule has 0 fully saturated rings. The highest BCUT2D eigenvalue weighted by molar-refractivity contribution is 14.1. The standard InChI is InChI=1S/C26H21IN2O4/c1-16-3-9-23(17(2)11-16)29-25(30)21(14-28)12-19-6-10-24(22(27)13-19)33-15-18-4-7-20(8-5-18)26(31)32/h3-13H,15H2,1-2H3,(H,29,30)(H,31,32)/b21-12-. The minimum atomic E-state index is -0.972. The van der Waals surface area contributed by atoms with E-state index in [2.05, 4.69) is 27.9 Å². The maximum atomic E-state index is 12.6. The number of nitrogens with one attached hydrogen (secondary N) is 1. The van der Waals surface area contributed by atoms with Gasteiger partial charge in [0, 0.05) is 5.69 Å². The molecular formula is C26H21IN2O4. The maximum absolute atomic E-state index is 12.6. The summed E-state index contributed by atoms with van der Waals surface area (Å²) in [6.07, 6.45) is 1.54. The van der Waals surface area contributed by atoms with Gasteiger partial charge in [0.2, 0.25) is 0 Å². The molecule has 0 saturated heterocycles. The third-order valence-electron chi connectivity index (χ3n) is 4.86. The SMILES string of the molecule is Cc1ccc(NC(=O)/C(C#N)=C\c2ccc(OCc3ccc(C(=O)O)cc3)c(I)c2)c(C)c1. The number of carboxylic acids is 1. The molecule has 2 N–H and O–H groups in total.